The van der Waals surface area contributed by atoms with Gasteiger partial charge in [-0.3, -0.25) is 0 Å². The van der Waals surface area contributed by atoms with Crippen LogP contribution < -0.4 is 4.74 Å². The maximum Gasteiger partial charge on any atom is 0.123 e. The second-order valence-corrected chi connectivity index (χ2v) is 6.27. The lowest BCUT2D eigenvalue weighted by molar-refractivity contribution is 0.358. The molecule has 1 aromatic carbocycles. The summed E-state index contributed by atoms with van der Waals surface area (Å²) in [6.45, 7) is 9.18. The number of aromatic hydroxyl groups is 1. The Kier molecular flexibility index (Phi) is 8.89. The fourth-order valence-electron chi connectivity index (χ4n) is 2.19. The highest BCUT2D eigenvalue weighted by Crippen LogP contribution is 2.18. The van der Waals surface area contributed by atoms with Gasteiger partial charge in [0.15, 0.2) is 0 Å². The molecule has 0 aliphatic heterocycles. The van der Waals surface area contributed by atoms with E-state index in [0.717, 1.165) is 25.7 Å². The Morgan fingerprint density at radius 2 is 1.61 bits per heavy atom. The number of ether oxygens (including phenoxy) is 1. The Bertz CT molecular complexity index is 561. The molecule has 0 amide bonds. The number of rotatable bonds is 9. The summed E-state index contributed by atoms with van der Waals surface area (Å²) in [6, 6.07) is 6.90. The molecule has 0 spiro atoms. The normalized spacial score (nSPS) is 12.2. The average Bonchev–Trinajstić information content (AvgIpc) is 2.47. The average molecular weight is 314 g/mol. The monoisotopic (exact) mass is 314 g/mol. The molecule has 0 heterocycles. The lowest BCUT2D eigenvalue weighted by atomic mass is 10.1. The van der Waals surface area contributed by atoms with Gasteiger partial charge in [-0.15, -0.1) is 0 Å². The van der Waals surface area contributed by atoms with Gasteiger partial charge in [0.25, 0.3) is 0 Å². The van der Waals surface area contributed by atoms with E-state index in [1.807, 2.05) is 6.07 Å². The largest absolute Gasteiger partial charge is 0.508 e. The summed E-state index contributed by atoms with van der Waals surface area (Å²) in [7, 11) is 0. The minimum absolute atomic E-state index is 0.233. The van der Waals surface area contributed by atoms with E-state index in [1.165, 1.54) is 16.7 Å². The van der Waals surface area contributed by atoms with Gasteiger partial charge in [0, 0.05) is 6.07 Å². The molecule has 1 N–H and O–H groups in total. The highest BCUT2D eigenvalue weighted by atomic mass is 16.5. The first-order valence-corrected chi connectivity index (χ1v) is 8.34. The first-order valence-electron chi connectivity index (χ1n) is 8.34. The molecule has 23 heavy (non-hydrogen) atoms. The molecule has 0 aromatic heterocycles. The van der Waals surface area contributed by atoms with Crippen molar-refractivity contribution in [2.45, 2.75) is 53.4 Å². The first-order chi connectivity index (χ1) is 11.0. The van der Waals surface area contributed by atoms with Gasteiger partial charge in [-0.1, -0.05) is 34.9 Å². The number of hydrogen-bond donors (Lipinski definition) is 1. The lowest BCUT2D eigenvalue weighted by Gasteiger charge is -2.05. The number of benzene rings is 1. The van der Waals surface area contributed by atoms with Gasteiger partial charge >= 0.3 is 0 Å². The van der Waals surface area contributed by atoms with Crippen molar-refractivity contribution in [3.8, 4) is 11.5 Å². The maximum absolute atomic E-state index is 9.38. The Morgan fingerprint density at radius 1 is 0.957 bits per heavy atom. The predicted molar refractivity (Wildman–Crippen MR) is 99.0 cm³/mol. The van der Waals surface area contributed by atoms with E-state index in [2.05, 4.69) is 45.9 Å². The number of allylic oxidation sites excluding steroid dienone is 5. The summed E-state index contributed by atoms with van der Waals surface area (Å²) in [5, 5.41) is 9.38. The molecule has 0 unspecified atom stereocenters. The van der Waals surface area contributed by atoms with E-state index in [1.54, 1.807) is 18.2 Å². The topological polar surface area (TPSA) is 29.5 Å². The van der Waals surface area contributed by atoms with E-state index in [9.17, 15) is 5.11 Å². The molecule has 0 atom stereocenters. The Hall–Kier alpha value is -1.96. The highest BCUT2D eigenvalue weighted by Gasteiger charge is 1.95. The zero-order chi connectivity index (χ0) is 17.1. The van der Waals surface area contributed by atoms with Crippen molar-refractivity contribution in [3.63, 3.8) is 0 Å². The van der Waals surface area contributed by atoms with Gasteiger partial charge in [-0.05, 0) is 71.6 Å². The van der Waals surface area contributed by atoms with Gasteiger partial charge in [-0.25, -0.2) is 0 Å². The molecule has 126 valence electrons. The minimum atomic E-state index is 0.233. The van der Waals surface area contributed by atoms with Crippen LogP contribution in [0.4, 0.5) is 0 Å². The number of phenols is 1. The molecular formula is C21H30O2. The van der Waals surface area contributed by atoms with Crippen molar-refractivity contribution in [2.75, 3.05) is 6.61 Å². The van der Waals surface area contributed by atoms with Crippen LogP contribution in [-0.4, -0.2) is 11.7 Å². The van der Waals surface area contributed by atoms with Crippen LogP contribution in [0.5, 0.6) is 11.5 Å². The summed E-state index contributed by atoms with van der Waals surface area (Å²) in [5.74, 6) is 0.931. The van der Waals surface area contributed by atoms with Crippen LogP contribution in [0.15, 0.2) is 59.2 Å². The fraction of sp³-hybridized carbons (Fsp3) is 0.429. The second kappa shape index (κ2) is 10.7. The molecule has 0 aliphatic rings. The molecule has 1 rings (SSSR count). The van der Waals surface area contributed by atoms with Crippen LogP contribution in [0.2, 0.25) is 0 Å². The predicted octanol–water partition coefficient (Wildman–Crippen LogP) is 6.19. The van der Waals surface area contributed by atoms with Crippen LogP contribution >= 0.6 is 0 Å². The van der Waals surface area contributed by atoms with Crippen molar-refractivity contribution in [3.05, 3.63) is 59.2 Å². The number of phenolic OH excluding ortho intramolecular Hbond substituents is 1. The Balaban J connectivity index is 2.27. The van der Waals surface area contributed by atoms with E-state index in [-0.39, 0.29) is 5.75 Å². The summed E-state index contributed by atoms with van der Waals surface area (Å²) in [5.41, 5.74) is 4.19. The molecule has 1 aromatic rings. The minimum Gasteiger partial charge on any atom is -0.508 e. The zero-order valence-electron chi connectivity index (χ0n) is 14.9. The van der Waals surface area contributed by atoms with Crippen LogP contribution in [0.3, 0.4) is 0 Å². The maximum atomic E-state index is 9.38. The standard InChI is InChI=1S/C21H30O2/c1-17(2)8-5-9-18(3)10-6-11-19(4)14-15-23-21-13-7-12-20(22)16-21/h7-8,10,12-14,16,22H,5-6,9,11,15H2,1-4H3/b18-10+,19-14+. The fourth-order valence-corrected chi connectivity index (χ4v) is 2.19. The Labute approximate surface area is 141 Å². The van der Waals surface area contributed by atoms with E-state index in [0.29, 0.717) is 12.4 Å². The molecule has 0 aliphatic carbocycles. The first kappa shape index (κ1) is 19.1. The summed E-state index contributed by atoms with van der Waals surface area (Å²) in [4.78, 5) is 0. The van der Waals surface area contributed by atoms with Gasteiger partial charge < -0.3 is 9.84 Å². The highest BCUT2D eigenvalue weighted by molar-refractivity contribution is 5.31. The third kappa shape index (κ3) is 9.62. The number of hydrogen-bond acceptors (Lipinski definition) is 2. The quantitative estimate of drug-likeness (QED) is 0.551. The molecule has 0 saturated heterocycles. The molecule has 0 bridgehead atoms. The van der Waals surface area contributed by atoms with Crippen LogP contribution in [0, 0.1) is 0 Å². The summed E-state index contributed by atoms with van der Waals surface area (Å²) >= 11 is 0. The van der Waals surface area contributed by atoms with Crippen molar-refractivity contribution in [2.24, 2.45) is 0 Å². The molecule has 0 fully saturated rings. The van der Waals surface area contributed by atoms with Crippen LogP contribution in [0.25, 0.3) is 0 Å². The molecule has 0 radical (unpaired) electrons. The van der Waals surface area contributed by atoms with Crippen molar-refractivity contribution in [1.29, 1.82) is 0 Å². The lowest BCUT2D eigenvalue weighted by Crippen LogP contribution is -1.94. The Morgan fingerprint density at radius 3 is 2.26 bits per heavy atom. The molecule has 0 saturated carbocycles. The zero-order valence-corrected chi connectivity index (χ0v) is 14.9. The van der Waals surface area contributed by atoms with E-state index in [4.69, 9.17) is 4.74 Å². The van der Waals surface area contributed by atoms with Gasteiger partial charge in [0.1, 0.15) is 18.1 Å². The second-order valence-electron chi connectivity index (χ2n) is 6.27. The third-order valence-electron chi connectivity index (χ3n) is 3.62. The van der Waals surface area contributed by atoms with E-state index < -0.39 is 0 Å². The van der Waals surface area contributed by atoms with Gasteiger partial charge in [0.05, 0.1) is 0 Å². The van der Waals surface area contributed by atoms with Crippen molar-refractivity contribution >= 4 is 0 Å². The van der Waals surface area contributed by atoms with Gasteiger partial charge in [-0.2, -0.15) is 0 Å². The molecule has 2 heteroatoms. The smallest absolute Gasteiger partial charge is 0.123 e. The van der Waals surface area contributed by atoms with E-state index >= 15 is 0 Å². The summed E-state index contributed by atoms with van der Waals surface area (Å²) in [6.07, 6.45) is 11.2. The van der Waals surface area contributed by atoms with Crippen molar-refractivity contribution < 1.29 is 9.84 Å². The van der Waals surface area contributed by atoms with Crippen molar-refractivity contribution in [1.82, 2.24) is 0 Å². The SMILES string of the molecule is CC(C)=CCC/C(C)=C/CC/C(C)=C/COc1cccc(O)c1. The summed E-state index contributed by atoms with van der Waals surface area (Å²) < 4.78 is 5.60. The molecule has 2 nitrogen and oxygen atoms in total. The third-order valence-corrected chi connectivity index (χ3v) is 3.62. The molecular weight excluding hydrogens is 284 g/mol. The van der Waals surface area contributed by atoms with Crippen LogP contribution in [0.1, 0.15) is 53.4 Å². The van der Waals surface area contributed by atoms with Crippen LogP contribution in [-0.2, 0) is 0 Å². The van der Waals surface area contributed by atoms with Gasteiger partial charge in [0.2, 0.25) is 0 Å².